The summed E-state index contributed by atoms with van der Waals surface area (Å²) in [5.41, 5.74) is 4.06. The minimum Gasteiger partial charge on any atom is -0.379 e. The molecule has 108 valence electrons. The molecule has 0 saturated heterocycles. The fraction of sp³-hybridized carbons (Fsp3) is 0.316. The molecule has 0 bridgehead atoms. The predicted molar refractivity (Wildman–Crippen MR) is 88.4 cm³/mol. The maximum Gasteiger partial charge on any atom is 0.101 e. The molecule has 0 aromatic heterocycles. The Labute approximate surface area is 127 Å². The Bertz CT molecular complexity index is 636. The van der Waals surface area contributed by atoms with E-state index >= 15 is 0 Å². The molecule has 0 spiro atoms. The third kappa shape index (κ3) is 4.10. The van der Waals surface area contributed by atoms with Gasteiger partial charge in [0.25, 0.3) is 0 Å². The highest BCUT2D eigenvalue weighted by atomic mass is 15.0. The number of nitrogens with zero attached hydrogens (tertiary/aromatic N) is 1. The number of anilines is 1. The molecule has 0 atom stereocenters. The van der Waals surface area contributed by atoms with Crippen molar-refractivity contribution in [2.24, 2.45) is 0 Å². The number of hydrogen-bond acceptors (Lipinski definition) is 2. The number of benzene rings is 2. The van der Waals surface area contributed by atoms with Crippen LogP contribution in [0.25, 0.3) is 0 Å². The molecule has 2 aromatic carbocycles. The van der Waals surface area contributed by atoms with Gasteiger partial charge in [0.05, 0.1) is 11.3 Å². The highest BCUT2D eigenvalue weighted by molar-refractivity contribution is 5.63. The van der Waals surface area contributed by atoms with Crippen molar-refractivity contribution in [3.63, 3.8) is 0 Å². The normalized spacial score (nSPS) is 11.0. The number of para-hydroxylation sites is 1. The summed E-state index contributed by atoms with van der Waals surface area (Å²) >= 11 is 0. The van der Waals surface area contributed by atoms with E-state index in [2.05, 4.69) is 49.5 Å². The smallest absolute Gasteiger partial charge is 0.101 e. The van der Waals surface area contributed by atoms with Crippen molar-refractivity contribution in [3.8, 4) is 6.07 Å². The first-order chi connectivity index (χ1) is 10.0. The summed E-state index contributed by atoms with van der Waals surface area (Å²) in [6, 6.07) is 18.6. The van der Waals surface area contributed by atoms with Gasteiger partial charge < -0.3 is 5.32 Å². The molecule has 0 amide bonds. The van der Waals surface area contributed by atoms with Gasteiger partial charge in [-0.15, -0.1) is 0 Å². The lowest BCUT2D eigenvalue weighted by Gasteiger charge is -2.29. The standard InChI is InChI=1S/C19H22N2/c1-15-8-7-11-17(14-20)18(15)21-19(2,3)13-12-16-9-5-4-6-10-16/h4-11,21H,12-13H2,1-3H3. The highest BCUT2D eigenvalue weighted by Crippen LogP contribution is 2.26. The molecular formula is C19H22N2. The predicted octanol–water partition coefficient (Wildman–Crippen LogP) is 4.69. The van der Waals surface area contributed by atoms with Gasteiger partial charge in [0.1, 0.15) is 6.07 Å². The van der Waals surface area contributed by atoms with Crippen LogP contribution >= 0.6 is 0 Å². The zero-order valence-electron chi connectivity index (χ0n) is 13.0. The van der Waals surface area contributed by atoms with Crippen LogP contribution in [0, 0.1) is 18.3 Å². The van der Waals surface area contributed by atoms with E-state index in [0.717, 1.165) is 24.1 Å². The monoisotopic (exact) mass is 278 g/mol. The minimum absolute atomic E-state index is 0.0619. The van der Waals surface area contributed by atoms with Crippen molar-refractivity contribution < 1.29 is 0 Å². The van der Waals surface area contributed by atoms with Crippen molar-refractivity contribution >= 4 is 5.69 Å². The van der Waals surface area contributed by atoms with E-state index in [1.807, 2.05) is 31.2 Å². The number of aryl methyl sites for hydroxylation is 2. The first-order valence-corrected chi connectivity index (χ1v) is 7.34. The summed E-state index contributed by atoms with van der Waals surface area (Å²) in [7, 11) is 0. The topological polar surface area (TPSA) is 35.8 Å². The lowest BCUT2D eigenvalue weighted by molar-refractivity contribution is 0.518. The van der Waals surface area contributed by atoms with Gasteiger partial charge >= 0.3 is 0 Å². The van der Waals surface area contributed by atoms with Gasteiger partial charge in [0.2, 0.25) is 0 Å². The Kier molecular flexibility index (Phi) is 4.65. The fourth-order valence-corrected chi connectivity index (χ4v) is 2.43. The summed E-state index contributed by atoms with van der Waals surface area (Å²) in [4.78, 5) is 0. The molecule has 0 unspecified atom stereocenters. The molecule has 0 aliphatic rings. The molecule has 0 fully saturated rings. The summed E-state index contributed by atoms with van der Waals surface area (Å²) < 4.78 is 0. The molecule has 2 aromatic rings. The zero-order valence-corrected chi connectivity index (χ0v) is 13.0. The SMILES string of the molecule is Cc1cccc(C#N)c1NC(C)(C)CCc1ccccc1. The van der Waals surface area contributed by atoms with Gasteiger partial charge in [-0.2, -0.15) is 5.26 Å². The van der Waals surface area contributed by atoms with Crippen molar-refractivity contribution in [1.29, 1.82) is 5.26 Å². The number of nitrogens with one attached hydrogen (secondary N) is 1. The molecule has 2 heteroatoms. The second-order valence-corrected chi connectivity index (χ2v) is 6.10. The summed E-state index contributed by atoms with van der Waals surface area (Å²) in [6.07, 6.45) is 2.03. The van der Waals surface area contributed by atoms with Crippen LogP contribution in [0.4, 0.5) is 5.69 Å². The Morgan fingerprint density at radius 3 is 2.43 bits per heavy atom. The molecule has 21 heavy (non-hydrogen) atoms. The maximum atomic E-state index is 9.26. The molecule has 0 aliphatic carbocycles. The van der Waals surface area contributed by atoms with Crippen LogP contribution in [0.3, 0.4) is 0 Å². The second kappa shape index (κ2) is 6.45. The van der Waals surface area contributed by atoms with Gasteiger partial charge in [-0.05, 0) is 50.8 Å². The van der Waals surface area contributed by atoms with E-state index < -0.39 is 0 Å². The van der Waals surface area contributed by atoms with Gasteiger partial charge in [0.15, 0.2) is 0 Å². The Balaban J connectivity index is 2.09. The maximum absolute atomic E-state index is 9.26. The summed E-state index contributed by atoms with van der Waals surface area (Å²) in [6.45, 7) is 6.41. The second-order valence-electron chi connectivity index (χ2n) is 6.10. The van der Waals surface area contributed by atoms with Gasteiger partial charge in [-0.25, -0.2) is 0 Å². The number of hydrogen-bond donors (Lipinski definition) is 1. The molecule has 2 nitrogen and oxygen atoms in total. The molecule has 0 saturated carbocycles. The van der Waals surface area contributed by atoms with Crippen LogP contribution < -0.4 is 5.32 Å². The Morgan fingerprint density at radius 1 is 1.05 bits per heavy atom. The average molecular weight is 278 g/mol. The van der Waals surface area contributed by atoms with E-state index in [-0.39, 0.29) is 5.54 Å². The third-order valence-corrected chi connectivity index (χ3v) is 3.74. The fourth-order valence-electron chi connectivity index (χ4n) is 2.43. The van der Waals surface area contributed by atoms with Crippen LogP contribution in [0.2, 0.25) is 0 Å². The molecule has 0 radical (unpaired) electrons. The summed E-state index contributed by atoms with van der Waals surface area (Å²) in [5, 5.41) is 12.8. The highest BCUT2D eigenvalue weighted by Gasteiger charge is 2.19. The minimum atomic E-state index is -0.0619. The molecule has 0 heterocycles. The largest absolute Gasteiger partial charge is 0.379 e. The molecular weight excluding hydrogens is 256 g/mol. The van der Waals surface area contributed by atoms with Crippen molar-refractivity contribution in [2.45, 2.75) is 39.2 Å². The first-order valence-electron chi connectivity index (χ1n) is 7.34. The van der Waals surface area contributed by atoms with E-state index in [0.29, 0.717) is 5.56 Å². The average Bonchev–Trinajstić information content (AvgIpc) is 2.48. The van der Waals surface area contributed by atoms with Gasteiger partial charge in [0, 0.05) is 5.54 Å². The lowest BCUT2D eigenvalue weighted by Crippen LogP contribution is -2.32. The van der Waals surface area contributed by atoms with Crippen LogP contribution in [0.15, 0.2) is 48.5 Å². The van der Waals surface area contributed by atoms with Crippen LogP contribution in [-0.4, -0.2) is 5.54 Å². The van der Waals surface area contributed by atoms with Crippen molar-refractivity contribution in [3.05, 3.63) is 65.2 Å². The number of rotatable bonds is 5. The molecule has 0 aliphatic heterocycles. The van der Waals surface area contributed by atoms with Gasteiger partial charge in [-0.3, -0.25) is 0 Å². The van der Waals surface area contributed by atoms with E-state index in [1.54, 1.807) is 0 Å². The van der Waals surface area contributed by atoms with E-state index in [4.69, 9.17) is 0 Å². The zero-order chi connectivity index (χ0) is 15.3. The molecule has 1 N–H and O–H groups in total. The number of nitriles is 1. The quantitative estimate of drug-likeness (QED) is 0.861. The Hall–Kier alpha value is -2.27. The van der Waals surface area contributed by atoms with Crippen molar-refractivity contribution in [1.82, 2.24) is 0 Å². The van der Waals surface area contributed by atoms with Crippen molar-refractivity contribution in [2.75, 3.05) is 5.32 Å². The Morgan fingerprint density at radius 2 is 1.76 bits per heavy atom. The van der Waals surface area contributed by atoms with Gasteiger partial charge in [-0.1, -0.05) is 42.5 Å². The molecule has 2 rings (SSSR count). The first kappa shape index (κ1) is 15.1. The lowest BCUT2D eigenvalue weighted by atomic mass is 9.94. The van der Waals surface area contributed by atoms with Crippen LogP contribution in [-0.2, 0) is 6.42 Å². The van der Waals surface area contributed by atoms with Crippen LogP contribution in [0.1, 0.15) is 37.0 Å². The summed E-state index contributed by atoms with van der Waals surface area (Å²) in [5.74, 6) is 0. The van der Waals surface area contributed by atoms with Crippen LogP contribution in [0.5, 0.6) is 0 Å². The third-order valence-electron chi connectivity index (χ3n) is 3.74. The van der Waals surface area contributed by atoms with E-state index in [1.165, 1.54) is 5.56 Å². The van der Waals surface area contributed by atoms with E-state index in [9.17, 15) is 5.26 Å².